The zero-order valence-corrected chi connectivity index (χ0v) is 19.7. The molecule has 35 heavy (non-hydrogen) atoms. The molecule has 1 aromatic heterocycles. The number of carbonyl (C=O) groups is 2. The zero-order chi connectivity index (χ0) is 24.9. The predicted octanol–water partition coefficient (Wildman–Crippen LogP) is 1.88. The first kappa shape index (κ1) is 24.1. The number of hydrogen-bond donors (Lipinski definition) is 2. The number of aromatic nitrogens is 2. The fourth-order valence-electron chi connectivity index (χ4n) is 5.87. The number of aryl methyl sites for hydroxylation is 1. The number of hydrogen-bond acceptors (Lipinski definition) is 5. The van der Waals surface area contributed by atoms with Gasteiger partial charge in [-0.3, -0.25) is 28.9 Å². The summed E-state index contributed by atoms with van der Waals surface area (Å²) in [5.41, 5.74) is -0.237. The monoisotopic (exact) mass is 493 g/mol. The lowest BCUT2D eigenvalue weighted by molar-refractivity contribution is -0.135. The number of imidazole rings is 1. The first-order valence-electron chi connectivity index (χ1n) is 12.2. The van der Waals surface area contributed by atoms with Crippen LogP contribution in [0.1, 0.15) is 49.6 Å². The normalized spacial score (nSPS) is 26.3. The Kier molecular flexibility index (Phi) is 6.25. The molecule has 11 heteroatoms. The molecule has 2 unspecified atom stereocenters. The van der Waals surface area contributed by atoms with Gasteiger partial charge in [0.1, 0.15) is 11.9 Å². The van der Waals surface area contributed by atoms with Crippen LogP contribution in [0.5, 0.6) is 0 Å². The van der Waals surface area contributed by atoms with Crippen molar-refractivity contribution in [3.8, 4) is 0 Å². The number of carbonyl (C=O) groups excluding carboxylic acids is 2. The van der Waals surface area contributed by atoms with Gasteiger partial charge in [-0.05, 0) is 62.9 Å². The molecule has 0 radical (unpaired) electrons. The van der Waals surface area contributed by atoms with Crippen molar-refractivity contribution >= 4 is 22.8 Å². The Bertz CT molecular complexity index is 1220. The fraction of sp³-hybridized carbons (Fsp3) is 0.625. The predicted molar refractivity (Wildman–Crippen MR) is 123 cm³/mol. The summed E-state index contributed by atoms with van der Waals surface area (Å²) in [6, 6.07) is 1.44. The standard InChI is InChI=1S/C24H30F3N5O3/c1-30-19-10-15(16-6-9-31(13-24(16,26)27)12-14-4-7-28-8-5-14)17(25)11-20(19)32(23(30)35)18-2-3-21(33)29-22(18)34/h10-11,14,16,18,28H,2-9,12-13H2,1H3,(H,29,33,34). The maximum absolute atomic E-state index is 15.3. The summed E-state index contributed by atoms with van der Waals surface area (Å²) in [5, 5.41) is 5.48. The molecule has 1 aromatic carbocycles. The Morgan fingerprint density at radius 3 is 2.49 bits per heavy atom. The van der Waals surface area contributed by atoms with E-state index >= 15 is 13.2 Å². The van der Waals surface area contributed by atoms with Crippen LogP contribution in [0.4, 0.5) is 13.2 Å². The molecule has 4 heterocycles. The van der Waals surface area contributed by atoms with Crippen molar-refractivity contribution in [3.05, 3.63) is 34.0 Å². The molecule has 8 nitrogen and oxygen atoms in total. The lowest BCUT2D eigenvalue weighted by Crippen LogP contribution is -2.49. The second kappa shape index (κ2) is 9.09. The summed E-state index contributed by atoms with van der Waals surface area (Å²) in [6.07, 6.45) is 2.22. The van der Waals surface area contributed by atoms with E-state index in [1.165, 1.54) is 17.7 Å². The number of imide groups is 1. The molecule has 3 aliphatic rings. The van der Waals surface area contributed by atoms with Gasteiger partial charge in [-0.15, -0.1) is 0 Å². The number of benzene rings is 1. The molecule has 0 aliphatic carbocycles. The summed E-state index contributed by atoms with van der Waals surface area (Å²) >= 11 is 0. The number of alkyl halides is 2. The average Bonchev–Trinajstić information content (AvgIpc) is 3.03. The molecular weight excluding hydrogens is 463 g/mol. The van der Waals surface area contributed by atoms with Gasteiger partial charge in [-0.2, -0.15) is 0 Å². The van der Waals surface area contributed by atoms with E-state index in [2.05, 4.69) is 10.6 Å². The van der Waals surface area contributed by atoms with E-state index in [1.54, 1.807) is 4.90 Å². The number of piperidine rings is 3. The van der Waals surface area contributed by atoms with Gasteiger partial charge in [0.05, 0.1) is 23.5 Å². The number of rotatable bonds is 4. The smallest absolute Gasteiger partial charge is 0.317 e. The number of nitrogens with one attached hydrogen (secondary N) is 2. The van der Waals surface area contributed by atoms with Gasteiger partial charge in [-0.1, -0.05) is 0 Å². The first-order valence-corrected chi connectivity index (χ1v) is 12.2. The summed E-state index contributed by atoms with van der Waals surface area (Å²) in [7, 11) is 1.47. The fourth-order valence-corrected chi connectivity index (χ4v) is 5.87. The quantitative estimate of drug-likeness (QED) is 0.636. The third-order valence-electron chi connectivity index (χ3n) is 7.76. The van der Waals surface area contributed by atoms with Crippen LogP contribution in [-0.2, 0) is 16.6 Å². The van der Waals surface area contributed by atoms with Crippen molar-refractivity contribution in [2.75, 3.05) is 32.7 Å². The largest absolute Gasteiger partial charge is 0.329 e. The molecular formula is C24H30F3N5O3. The summed E-state index contributed by atoms with van der Waals surface area (Å²) in [6.45, 7) is 2.46. The molecule has 190 valence electrons. The molecule has 3 aliphatic heterocycles. The molecule has 2 amide bonds. The number of nitrogens with zero attached hydrogens (tertiary/aromatic N) is 3. The van der Waals surface area contributed by atoms with Crippen LogP contribution >= 0.6 is 0 Å². The minimum Gasteiger partial charge on any atom is -0.317 e. The number of fused-ring (bicyclic) bond motifs is 1. The number of halogens is 3. The van der Waals surface area contributed by atoms with Crippen molar-refractivity contribution in [1.82, 2.24) is 24.7 Å². The molecule has 2 atom stereocenters. The van der Waals surface area contributed by atoms with Crippen LogP contribution in [-0.4, -0.2) is 64.5 Å². The Morgan fingerprint density at radius 2 is 1.80 bits per heavy atom. The highest BCUT2D eigenvalue weighted by atomic mass is 19.3. The van der Waals surface area contributed by atoms with E-state index in [1.807, 2.05) is 0 Å². The Balaban J connectivity index is 1.44. The molecule has 0 saturated carbocycles. The highest BCUT2D eigenvalue weighted by molar-refractivity contribution is 6.00. The maximum Gasteiger partial charge on any atom is 0.329 e. The highest BCUT2D eigenvalue weighted by Gasteiger charge is 2.47. The lowest BCUT2D eigenvalue weighted by atomic mass is 9.85. The Labute approximate surface area is 200 Å². The second-order valence-corrected chi connectivity index (χ2v) is 10.1. The summed E-state index contributed by atoms with van der Waals surface area (Å²) < 4.78 is 48.4. The molecule has 2 aromatic rings. The van der Waals surface area contributed by atoms with Gasteiger partial charge in [0.2, 0.25) is 11.8 Å². The van der Waals surface area contributed by atoms with Crippen LogP contribution in [0, 0.1) is 11.7 Å². The molecule has 3 fully saturated rings. The molecule has 0 spiro atoms. The number of likely N-dealkylation sites (tertiary alicyclic amines) is 1. The van der Waals surface area contributed by atoms with Crippen LogP contribution in [0.2, 0.25) is 0 Å². The van der Waals surface area contributed by atoms with Crippen LogP contribution in [0.3, 0.4) is 0 Å². The van der Waals surface area contributed by atoms with Crippen LogP contribution in [0.15, 0.2) is 16.9 Å². The minimum absolute atomic E-state index is 0.0575. The van der Waals surface area contributed by atoms with Crippen molar-refractivity contribution in [2.24, 2.45) is 13.0 Å². The topological polar surface area (TPSA) is 88.4 Å². The van der Waals surface area contributed by atoms with Gasteiger partial charge in [-0.25, -0.2) is 18.0 Å². The van der Waals surface area contributed by atoms with Crippen LogP contribution in [0.25, 0.3) is 11.0 Å². The van der Waals surface area contributed by atoms with E-state index in [9.17, 15) is 14.4 Å². The average molecular weight is 494 g/mol. The van der Waals surface area contributed by atoms with Gasteiger partial charge >= 0.3 is 5.69 Å². The van der Waals surface area contributed by atoms with E-state index in [4.69, 9.17) is 0 Å². The number of amides is 2. The molecule has 0 bridgehead atoms. The Morgan fingerprint density at radius 1 is 1.06 bits per heavy atom. The van der Waals surface area contributed by atoms with Gasteiger partial charge in [0, 0.05) is 26.1 Å². The molecule has 2 N–H and O–H groups in total. The van der Waals surface area contributed by atoms with Gasteiger partial charge < -0.3 is 5.32 Å². The van der Waals surface area contributed by atoms with Gasteiger partial charge in [0.15, 0.2) is 0 Å². The van der Waals surface area contributed by atoms with E-state index in [-0.39, 0.29) is 35.9 Å². The lowest BCUT2D eigenvalue weighted by Gasteiger charge is -2.40. The summed E-state index contributed by atoms with van der Waals surface area (Å²) in [5.74, 6) is -5.91. The minimum atomic E-state index is -3.12. The molecule has 5 rings (SSSR count). The van der Waals surface area contributed by atoms with Crippen molar-refractivity contribution in [2.45, 2.75) is 50.0 Å². The Hall–Kier alpha value is -2.66. The second-order valence-electron chi connectivity index (χ2n) is 10.1. The maximum atomic E-state index is 15.3. The van der Waals surface area contributed by atoms with Crippen molar-refractivity contribution < 1.29 is 22.8 Å². The van der Waals surface area contributed by atoms with Crippen molar-refractivity contribution in [1.29, 1.82) is 0 Å². The van der Waals surface area contributed by atoms with Crippen molar-refractivity contribution in [3.63, 3.8) is 0 Å². The SMILES string of the molecule is Cn1c(=O)n(C2CCC(=O)NC2=O)c2cc(F)c(C3CCN(CC4CCNCC4)CC3(F)F)cc21. The third kappa shape index (κ3) is 4.40. The third-order valence-corrected chi connectivity index (χ3v) is 7.76. The zero-order valence-electron chi connectivity index (χ0n) is 19.7. The van der Waals surface area contributed by atoms with Gasteiger partial charge in [0.25, 0.3) is 5.92 Å². The molecule has 3 saturated heterocycles. The summed E-state index contributed by atoms with van der Waals surface area (Å²) in [4.78, 5) is 38.6. The van der Waals surface area contributed by atoms with E-state index in [0.29, 0.717) is 19.0 Å². The van der Waals surface area contributed by atoms with E-state index in [0.717, 1.165) is 36.6 Å². The highest BCUT2D eigenvalue weighted by Crippen LogP contribution is 2.42. The first-order chi connectivity index (χ1) is 16.7. The van der Waals surface area contributed by atoms with E-state index < -0.39 is 47.7 Å². The van der Waals surface area contributed by atoms with Crippen LogP contribution < -0.4 is 16.3 Å².